The van der Waals surface area contributed by atoms with Crippen molar-refractivity contribution in [1.29, 1.82) is 0 Å². The van der Waals surface area contributed by atoms with Crippen LogP contribution in [0.5, 0.6) is 0 Å². The van der Waals surface area contributed by atoms with Crippen molar-refractivity contribution in [2.24, 2.45) is 0 Å². The maximum atomic E-state index is 2.46. The number of hydrogen-bond donors (Lipinski definition) is 0. The van der Waals surface area contributed by atoms with Crippen molar-refractivity contribution in [3.8, 4) is 0 Å². The van der Waals surface area contributed by atoms with Crippen LogP contribution in [0.3, 0.4) is 0 Å². The summed E-state index contributed by atoms with van der Waals surface area (Å²) in [4.78, 5) is 0. The Morgan fingerprint density at radius 3 is 1.69 bits per heavy atom. The van der Waals surface area contributed by atoms with E-state index in [4.69, 9.17) is 0 Å². The van der Waals surface area contributed by atoms with Crippen LogP contribution in [0, 0.1) is 6.92 Å². The third kappa shape index (κ3) is 1.50. The fourth-order valence-corrected chi connectivity index (χ4v) is 2.15. The lowest BCUT2D eigenvalue weighted by molar-refractivity contribution is 1.06. The van der Waals surface area contributed by atoms with E-state index in [1.165, 1.54) is 31.2 Å². The molecule has 1 aromatic carbocycles. The highest BCUT2D eigenvalue weighted by Gasteiger charge is 2.27. The normalized spacial score (nSPS) is 21.9. The summed E-state index contributed by atoms with van der Waals surface area (Å²) in [5.74, 6) is 1.83. The molecule has 0 radical (unpaired) electrons. The van der Waals surface area contributed by atoms with Gasteiger partial charge in [-0.05, 0) is 55.6 Å². The van der Waals surface area contributed by atoms with Gasteiger partial charge in [-0.15, -0.1) is 0 Å². The first-order valence-electron chi connectivity index (χ1n) is 5.44. The minimum absolute atomic E-state index is 0.914. The molecule has 68 valence electrons. The number of rotatable bonds is 2. The lowest BCUT2D eigenvalue weighted by Gasteiger charge is -2.05. The molecule has 0 heterocycles. The van der Waals surface area contributed by atoms with Gasteiger partial charge in [-0.25, -0.2) is 0 Å². The van der Waals surface area contributed by atoms with Crippen molar-refractivity contribution in [1.82, 2.24) is 0 Å². The molecule has 0 N–H and O–H groups in total. The summed E-state index contributed by atoms with van der Waals surface area (Å²) in [5.41, 5.74) is 4.69. The molecule has 1 aromatic rings. The standard InChI is InChI=1S/C13H16/c1-9-6-12(10-2-3-10)8-13(7-9)11-4-5-11/h6-8,10-11H,2-5H2,1H3. The van der Waals surface area contributed by atoms with Crippen LogP contribution in [-0.4, -0.2) is 0 Å². The van der Waals surface area contributed by atoms with E-state index < -0.39 is 0 Å². The second-order valence-corrected chi connectivity index (χ2v) is 4.73. The smallest absolute Gasteiger partial charge is 0.0161 e. The van der Waals surface area contributed by atoms with Crippen molar-refractivity contribution in [2.75, 3.05) is 0 Å². The summed E-state index contributed by atoms with van der Waals surface area (Å²) in [6, 6.07) is 7.22. The summed E-state index contributed by atoms with van der Waals surface area (Å²) >= 11 is 0. The summed E-state index contributed by atoms with van der Waals surface area (Å²) in [5, 5.41) is 0. The van der Waals surface area contributed by atoms with Crippen LogP contribution in [0.4, 0.5) is 0 Å². The molecule has 0 amide bonds. The van der Waals surface area contributed by atoms with Crippen LogP contribution in [0.2, 0.25) is 0 Å². The molecule has 3 rings (SSSR count). The van der Waals surface area contributed by atoms with Gasteiger partial charge >= 0.3 is 0 Å². The molecule has 0 atom stereocenters. The predicted molar refractivity (Wildman–Crippen MR) is 55.1 cm³/mol. The topological polar surface area (TPSA) is 0 Å². The first-order valence-corrected chi connectivity index (χ1v) is 5.44. The molecule has 0 spiro atoms. The van der Waals surface area contributed by atoms with E-state index in [0.717, 1.165) is 11.8 Å². The van der Waals surface area contributed by atoms with Gasteiger partial charge in [-0.1, -0.05) is 23.8 Å². The quantitative estimate of drug-likeness (QED) is 0.637. The van der Waals surface area contributed by atoms with Gasteiger partial charge in [-0.2, -0.15) is 0 Å². The average Bonchev–Trinajstić information content (AvgIpc) is 2.98. The van der Waals surface area contributed by atoms with Crippen molar-refractivity contribution >= 4 is 0 Å². The lowest BCUT2D eigenvalue weighted by atomic mass is 10.0. The SMILES string of the molecule is Cc1cc(C2CC2)cc(C2CC2)c1. The van der Waals surface area contributed by atoms with E-state index in [9.17, 15) is 0 Å². The van der Waals surface area contributed by atoms with Gasteiger partial charge in [-0.3, -0.25) is 0 Å². The average molecular weight is 172 g/mol. The summed E-state index contributed by atoms with van der Waals surface area (Å²) in [6.45, 7) is 2.23. The number of hydrogen-bond acceptors (Lipinski definition) is 0. The van der Waals surface area contributed by atoms with Crippen LogP contribution >= 0.6 is 0 Å². The molecule has 2 aliphatic rings. The second kappa shape index (κ2) is 2.60. The Kier molecular flexibility index (Phi) is 1.52. The van der Waals surface area contributed by atoms with E-state index in [2.05, 4.69) is 25.1 Å². The molecular formula is C13H16. The van der Waals surface area contributed by atoms with E-state index >= 15 is 0 Å². The first kappa shape index (κ1) is 7.61. The number of benzene rings is 1. The fourth-order valence-electron chi connectivity index (χ4n) is 2.15. The zero-order valence-corrected chi connectivity index (χ0v) is 8.22. The molecule has 0 unspecified atom stereocenters. The van der Waals surface area contributed by atoms with Gasteiger partial charge in [0.05, 0.1) is 0 Å². The predicted octanol–water partition coefficient (Wildman–Crippen LogP) is 3.75. The summed E-state index contributed by atoms with van der Waals surface area (Å²) in [6.07, 6.45) is 5.70. The van der Waals surface area contributed by atoms with Crippen LogP contribution in [0.25, 0.3) is 0 Å². The Labute approximate surface area is 80.0 Å². The van der Waals surface area contributed by atoms with E-state index in [0.29, 0.717) is 0 Å². The second-order valence-electron chi connectivity index (χ2n) is 4.73. The van der Waals surface area contributed by atoms with Crippen LogP contribution < -0.4 is 0 Å². The monoisotopic (exact) mass is 172 g/mol. The molecule has 0 heteroatoms. The summed E-state index contributed by atoms with van der Waals surface area (Å²) in [7, 11) is 0. The van der Waals surface area contributed by atoms with Crippen molar-refractivity contribution < 1.29 is 0 Å². The van der Waals surface area contributed by atoms with Crippen LogP contribution in [-0.2, 0) is 0 Å². The molecule has 0 aromatic heterocycles. The van der Waals surface area contributed by atoms with Gasteiger partial charge < -0.3 is 0 Å². The van der Waals surface area contributed by atoms with E-state index in [1.54, 1.807) is 11.1 Å². The molecule has 13 heavy (non-hydrogen) atoms. The zero-order valence-electron chi connectivity index (χ0n) is 8.22. The minimum atomic E-state index is 0.914. The van der Waals surface area contributed by atoms with Gasteiger partial charge in [0.25, 0.3) is 0 Å². The van der Waals surface area contributed by atoms with Gasteiger partial charge in [0, 0.05) is 0 Å². The number of aryl methyl sites for hydroxylation is 1. The maximum absolute atomic E-state index is 2.46. The minimum Gasteiger partial charge on any atom is -0.0558 e. The van der Waals surface area contributed by atoms with Gasteiger partial charge in [0.1, 0.15) is 0 Å². The molecule has 0 aliphatic heterocycles. The Morgan fingerprint density at radius 2 is 1.31 bits per heavy atom. The molecule has 0 nitrogen and oxygen atoms in total. The molecular weight excluding hydrogens is 156 g/mol. The van der Waals surface area contributed by atoms with Crippen LogP contribution in [0.15, 0.2) is 18.2 Å². The third-order valence-electron chi connectivity index (χ3n) is 3.22. The largest absolute Gasteiger partial charge is 0.0558 e. The van der Waals surface area contributed by atoms with Crippen molar-refractivity contribution in [3.63, 3.8) is 0 Å². The van der Waals surface area contributed by atoms with E-state index in [-0.39, 0.29) is 0 Å². The van der Waals surface area contributed by atoms with Gasteiger partial charge in [0.2, 0.25) is 0 Å². The third-order valence-corrected chi connectivity index (χ3v) is 3.22. The Bertz CT molecular complexity index is 300. The van der Waals surface area contributed by atoms with Crippen molar-refractivity contribution in [3.05, 3.63) is 34.9 Å². The summed E-state index contributed by atoms with van der Waals surface area (Å²) < 4.78 is 0. The Balaban J connectivity index is 1.99. The molecule has 2 fully saturated rings. The van der Waals surface area contributed by atoms with E-state index in [1.807, 2.05) is 0 Å². The molecule has 0 saturated heterocycles. The highest BCUT2D eigenvalue weighted by Crippen LogP contribution is 2.45. The molecule has 0 bridgehead atoms. The highest BCUT2D eigenvalue weighted by molar-refractivity contribution is 5.37. The maximum Gasteiger partial charge on any atom is -0.0161 e. The fraction of sp³-hybridized carbons (Fsp3) is 0.538. The Morgan fingerprint density at radius 1 is 0.846 bits per heavy atom. The molecule has 2 saturated carbocycles. The zero-order chi connectivity index (χ0) is 8.84. The molecule has 2 aliphatic carbocycles. The van der Waals surface area contributed by atoms with Crippen molar-refractivity contribution in [2.45, 2.75) is 44.4 Å². The Hall–Kier alpha value is -0.780. The highest BCUT2D eigenvalue weighted by atomic mass is 14.3. The van der Waals surface area contributed by atoms with Gasteiger partial charge in [0.15, 0.2) is 0 Å². The van der Waals surface area contributed by atoms with Crippen LogP contribution in [0.1, 0.15) is 54.2 Å². The first-order chi connectivity index (χ1) is 6.33. The lowest BCUT2D eigenvalue weighted by Crippen LogP contribution is -1.87.